The fourth-order valence-corrected chi connectivity index (χ4v) is 3.61. The molecule has 2 aromatic carbocycles. The van der Waals surface area contributed by atoms with Gasteiger partial charge in [-0.25, -0.2) is 14.9 Å². The molecule has 0 aliphatic carbocycles. The molecule has 2 unspecified atom stereocenters. The van der Waals surface area contributed by atoms with E-state index < -0.39 is 49.1 Å². The number of benzene rings is 2. The van der Waals surface area contributed by atoms with E-state index in [0.717, 1.165) is 0 Å². The summed E-state index contributed by atoms with van der Waals surface area (Å²) in [6, 6.07) is 16.6. The minimum absolute atomic E-state index is 0. The van der Waals surface area contributed by atoms with Crippen molar-refractivity contribution >= 4 is 11.9 Å². The number of nitrogens with zero attached hydrogens (tertiary/aromatic N) is 1. The molecule has 177 valence electrons. The molecule has 2 aliphatic heterocycles. The summed E-state index contributed by atoms with van der Waals surface area (Å²) in [5.74, 6) is -1.29. The van der Waals surface area contributed by atoms with Crippen LogP contribution in [-0.4, -0.2) is 75.9 Å². The molecule has 10 nitrogen and oxygen atoms in total. The van der Waals surface area contributed by atoms with Crippen LogP contribution < -0.4 is 5.32 Å². The quantitative estimate of drug-likeness (QED) is 0.312. The van der Waals surface area contributed by atoms with Crippen molar-refractivity contribution in [3.05, 3.63) is 84.1 Å². The van der Waals surface area contributed by atoms with Crippen molar-refractivity contribution in [1.82, 2.24) is 10.2 Å². The Hall–Kier alpha value is -1.84. The van der Waals surface area contributed by atoms with Crippen molar-refractivity contribution in [2.45, 2.75) is 37.1 Å². The molecule has 1 radical (unpaired) electrons. The zero-order chi connectivity index (χ0) is 23.4. The van der Waals surface area contributed by atoms with E-state index in [4.69, 9.17) is 14.2 Å². The first-order chi connectivity index (χ1) is 15.9. The molecule has 6 atom stereocenters. The van der Waals surface area contributed by atoms with E-state index in [-0.39, 0.29) is 56.2 Å². The van der Waals surface area contributed by atoms with E-state index in [1.807, 2.05) is 0 Å². The maximum Gasteiger partial charge on any atom is 0.338 e. The first-order valence-corrected chi connectivity index (χ1v) is 10.3. The molecule has 4 N–H and O–H groups in total. The van der Waals surface area contributed by atoms with Crippen molar-refractivity contribution in [2.75, 3.05) is 6.61 Å². The van der Waals surface area contributed by atoms with Gasteiger partial charge in [-0.2, -0.15) is 0 Å². The monoisotopic (exact) mass is 683 g/mol. The molecule has 34 heavy (non-hydrogen) atoms. The average Bonchev–Trinajstić information content (AvgIpc) is 3.13. The van der Waals surface area contributed by atoms with Crippen LogP contribution in [0.4, 0.5) is 0 Å². The van der Waals surface area contributed by atoms with Crippen LogP contribution in [0.1, 0.15) is 20.7 Å². The summed E-state index contributed by atoms with van der Waals surface area (Å²) < 4.78 is 16.7. The van der Waals surface area contributed by atoms with Gasteiger partial charge in [0.25, 0.3) is 0 Å². The summed E-state index contributed by atoms with van der Waals surface area (Å²) in [6.07, 6.45) is -4.51. The Bertz CT molecular complexity index is 993. The molecular weight excluding hydrogens is 659 g/mol. The maximum atomic E-state index is 12.6. The molecule has 1 saturated heterocycles. The number of aliphatic hydroxyl groups is 3. The molecule has 2 aromatic rings. The Morgan fingerprint density at radius 3 is 2.12 bits per heavy atom. The van der Waals surface area contributed by atoms with Crippen LogP contribution in [0.2, 0.25) is 0 Å². The minimum Gasteiger partial charge on any atom is -0.459 e. The van der Waals surface area contributed by atoms with Crippen molar-refractivity contribution in [3.63, 3.8) is 0 Å². The second-order valence-corrected chi connectivity index (χ2v) is 7.53. The molecule has 4 rings (SSSR count). The summed E-state index contributed by atoms with van der Waals surface area (Å²) in [7, 11) is 0. The van der Waals surface area contributed by atoms with Gasteiger partial charge in [0, 0.05) is 50.3 Å². The number of ether oxygens (including phenoxy) is 3. The Balaban J connectivity index is 0.00000324. The van der Waals surface area contributed by atoms with Gasteiger partial charge in [0.2, 0.25) is 0 Å². The van der Waals surface area contributed by atoms with Crippen molar-refractivity contribution in [2.24, 2.45) is 0 Å². The summed E-state index contributed by atoms with van der Waals surface area (Å²) in [5, 5.41) is 33.2. The molecule has 0 saturated carbocycles. The summed E-state index contributed by atoms with van der Waals surface area (Å²) >= 11 is 0. The van der Waals surface area contributed by atoms with E-state index in [1.165, 1.54) is 17.2 Å². The molecule has 11 heteroatoms. The summed E-state index contributed by atoms with van der Waals surface area (Å²) in [5.41, 5.74) is 0.605. The number of aliphatic hydroxyl groups excluding tert-OH is 3. The number of hydrogen-bond donors (Lipinski definition) is 4. The fraction of sp³-hybridized carbons (Fsp3) is 0.304. The number of esters is 2. The van der Waals surface area contributed by atoms with E-state index in [1.54, 1.807) is 60.7 Å². The molecule has 0 spiro atoms. The fourth-order valence-electron chi connectivity index (χ4n) is 3.61. The summed E-state index contributed by atoms with van der Waals surface area (Å²) in [6.45, 7) is -0.308. The van der Waals surface area contributed by atoms with Crippen LogP contribution in [0.25, 0.3) is 0 Å². The zero-order valence-electron chi connectivity index (χ0n) is 18.0. The van der Waals surface area contributed by atoms with Crippen LogP contribution in [0.3, 0.4) is 0 Å². The third-order valence-electron chi connectivity index (χ3n) is 5.29. The summed E-state index contributed by atoms with van der Waals surface area (Å²) in [4.78, 5) is 26.2. The normalized spacial score (nSPS) is 28.1. The van der Waals surface area contributed by atoms with E-state index in [2.05, 4.69) is 5.32 Å². The second kappa shape index (κ2) is 12.2. The van der Waals surface area contributed by atoms with Gasteiger partial charge in [0.05, 0.1) is 11.1 Å². The third-order valence-corrected chi connectivity index (χ3v) is 5.29. The van der Waals surface area contributed by atoms with Gasteiger partial charge in [-0.15, -0.1) is 0 Å². The van der Waals surface area contributed by atoms with Crippen LogP contribution in [0.15, 0.2) is 72.9 Å². The Morgan fingerprint density at radius 2 is 1.53 bits per heavy atom. The van der Waals surface area contributed by atoms with Crippen LogP contribution in [0, 0.1) is 44.1 Å². The molecule has 2 aliphatic rings. The van der Waals surface area contributed by atoms with Crippen LogP contribution in [0.5, 0.6) is 0 Å². The zero-order valence-corrected chi connectivity index (χ0v) is 22.8. The van der Waals surface area contributed by atoms with Gasteiger partial charge in [0.1, 0.15) is 25.0 Å². The Labute approximate surface area is 231 Å². The second-order valence-electron chi connectivity index (χ2n) is 7.53. The SMILES string of the molecule is O=C(OC[C@@H]1O[C@H](N2C=C[C@@H](O)N[C@H]2O)C(O)C1OC(=O)c1ccccc1)c1ccccc1.[Ac]. The van der Waals surface area contributed by atoms with Crippen molar-refractivity contribution in [3.8, 4) is 0 Å². The number of hydrogen-bond acceptors (Lipinski definition) is 10. The molecule has 0 bridgehead atoms. The smallest absolute Gasteiger partial charge is 0.338 e. The molecule has 1 fully saturated rings. The number of carbonyl (C=O) groups is 2. The average molecular weight is 683 g/mol. The number of nitrogens with one attached hydrogen (secondary N) is 1. The van der Waals surface area contributed by atoms with Crippen LogP contribution >= 0.6 is 0 Å². The molecular formula is C23H24AcN2O8. The standard InChI is InChI=1S/C23H24N2O8.Ac/c26-17-11-12-25(23(30)24-17)20-18(27)19(33-22(29)15-9-5-2-6-10-15)16(32-20)13-31-21(28)14-7-3-1-4-8-14;/h1-12,16-20,23-24,26-27,30H,13H2;/t16-,17+,18?,19?,20-,23+;/m0./s1. The third kappa shape index (κ3) is 6.23. The van der Waals surface area contributed by atoms with Gasteiger partial charge in [-0.05, 0) is 30.3 Å². The van der Waals surface area contributed by atoms with Crippen molar-refractivity contribution < 1.29 is 83.2 Å². The minimum atomic E-state index is -1.39. The van der Waals surface area contributed by atoms with Gasteiger partial charge in [-0.1, -0.05) is 36.4 Å². The molecule has 2 heterocycles. The Morgan fingerprint density at radius 1 is 0.941 bits per heavy atom. The topological polar surface area (TPSA) is 138 Å². The first-order valence-electron chi connectivity index (χ1n) is 10.3. The van der Waals surface area contributed by atoms with Gasteiger partial charge >= 0.3 is 11.9 Å². The van der Waals surface area contributed by atoms with Gasteiger partial charge < -0.3 is 34.4 Å². The maximum absolute atomic E-state index is 12.6. The van der Waals surface area contributed by atoms with Crippen LogP contribution in [-0.2, 0) is 14.2 Å². The predicted molar refractivity (Wildman–Crippen MR) is 113 cm³/mol. The number of carbonyl (C=O) groups excluding carboxylic acids is 2. The first kappa shape index (κ1) is 26.8. The number of rotatable bonds is 6. The van der Waals surface area contributed by atoms with Gasteiger partial charge in [0.15, 0.2) is 18.7 Å². The Kier molecular flexibility index (Phi) is 9.62. The van der Waals surface area contributed by atoms with E-state index in [9.17, 15) is 24.9 Å². The largest absolute Gasteiger partial charge is 0.459 e. The van der Waals surface area contributed by atoms with E-state index in [0.29, 0.717) is 5.56 Å². The van der Waals surface area contributed by atoms with Gasteiger partial charge in [-0.3, -0.25) is 0 Å². The molecule has 0 amide bonds. The predicted octanol–water partition coefficient (Wildman–Crippen LogP) is 0.168. The van der Waals surface area contributed by atoms with Crippen molar-refractivity contribution in [1.29, 1.82) is 0 Å². The molecule has 0 aromatic heterocycles. The van der Waals surface area contributed by atoms with E-state index >= 15 is 0 Å².